The number of aryl methyl sites for hydroxylation is 1. The van der Waals surface area contributed by atoms with Crippen LogP contribution < -0.4 is 5.32 Å². The topological polar surface area (TPSA) is 95.7 Å². The Balaban J connectivity index is 1.48. The first kappa shape index (κ1) is 25.9. The van der Waals surface area contributed by atoms with Gasteiger partial charge in [-0.05, 0) is 37.0 Å². The molecule has 36 heavy (non-hydrogen) atoms. The van der Waals surface area contributed by atoms with Crippen LogP contribution >= 0.6 is 11.6 Å². The summed E-state index contributed by atoms with van der Waals surface area (Å²) < 4.78 is 5.39. The van der Waals surface area contributed by atoms with Crippen LogP contribution in [-0.4, -0.2) is 45.7 Å². The lowest BCUT2D eigenvalue weighted by Crippen LogP contribution is -2.48. The molecule has 2 N–H and O–H groups in total. The Morgan fingerprint density at radius 1 is 1.14 bits per heavy atom. The number of carbonyl (C=O) groups excluding carboxylic acids is 2. The number of rotatable bonds is 7. The van der Waals surface area contributed by atoms with Gasteiger partial charge in [-0.3, -0.25) is 9.59 Å². The second kappa shape index (κ2) is 10.8. The van der Waals surface area contributed by atoms with Crippen molar-refractivity contribution < 1.29 is 19.2 Å². The number of nitrogens with zero attached hydrogens (tertiary/aromatic N) is 2. The van der Waals surface area contributed by atoms with Crippen LogP contribution in [0.2, 0.25) is 5.02 Å². The molecule has 1 aliphatic rings. The van der Waals surface area contributed by atoms with Crippen molar-refractivity contribution in [2.24, 2.45) is 5.92 Å². The van der Waals surface area contributed by atoms with E-state index in [-0.39, 0.29) is 36.7 Å². The van der Waals surface area contributed by atoms with Crippen molar-refractivity contribution in [2.75, 3.05) is 6.54 Å². The largest absolute Gasteiger partial charge is 0.391 e. The van der Waals surface area contributed by atoms with Gasteiger partial charge in [-0.2, -0.15) is 0 Å². The predicted molar refractivity (Wildman–Crippen MR) is 138 cm³/mol. The zero-order chi connectivity index (χ0) is 26.0. The second-order valence-electron chi connectivity index (χ2n) is 9.82. The maximum Gasteiger partial charge on any atom is 0.243 e. The van der Waals surface area contributed by atoms with Gasteiger partial charge in [-0.1, -0.05) is 73.1 Å². The maximum atomic E-state index is 13.5. The summed E-state index contributed by atoms with van der Waals surface area (Å²) in [5.41, 5.74) is 3.54. The third kappa shape index (κ3) is 5.47. The molecule has 1 aromatic heterocycles. The van der Waals surface area contributed by atoms with Gasteiger partial charge in [0.05, 0.1) is 17.8 Å². The zero-order valence-electron chi connectivity index (χ0n) is 20.9. The highest BCUT2D eigenvalue weighted by Gasteiger charge is 2.43. The van der Waals surface area contributed by atoms with Crippen LogP contribution in [0.3, 0.4) is 0 Å². The van der Waals surface area contributed by atoms with Gasteiger partial charge in [0.2, 0.25) is 11.8 Å². The Kier molecular flexibility index (Phi) is 7.81. The monoisotopic (exact) mass is 509 g/mol. The van der Waals surface area contributed by atoms with E-state index < -0.39 is 18.1 Å². The molecule has 0 spiro atoms. The Hall–Kier alpha value is -3.16. The molecular weight excluding hydrogens is 478 g/mol. The fourth-order valence-corrected chi connectivity index (χ4v) is 5.03. The molecule has 4 rings (SSSR count). The van der Waals surface area contributed by atoms with Crippen LogP contribution in [0.4, 0.5) is 0 Å². The van der Waals surface area contributed by atoms with E-state index in [0.29, 0.717) is 16.5 Å². The number of nitrogens with one attached hydrogen (secondary N) is 1. The number of carbonyl (C=O) groups is 2. The van der Waals surface area contributed by atoms with E-state index >= 15 is 0 Å². The van der Waals surface area contributed by atoms with Crippen molar-refractivity contribution in [3.8, 4) is 11.1 Å². The number of aliphatic hydroxyl groups excluding tert-OH is 1. The average Bonchev–Trinajstić information content (AvgIpc) is 3.44. The number of halogens is 1. The Labute approximate surface area is 216 Å². The predicted octanol–water partition coefficient (Wildman–Crippen LogP) is 4.88. The number of aliphatic hydroxyl groups is 1. The molecule has 0 aliphatic carbocycles. The molecule has 2 aromatic carbocycles. The van der Waals surface area contributed by atoms with Crippen LogP contribution in [-0.2, 0) is 9.59 Å². The summed E-state index contributed by atoms with van der Waals surface area (Å²) >= 11 is 6.32. The minimum atomic E-state index is -0.765. The average molecular weight is 510 g/mol. The first-order chi connectivity index (χ1) is 17.2. The summed E-state index contributed by atoms with van der Waals surface area (Å²) in [4.78, 5) is 28.3. The molecular formula is C28H32ClN3O4. The third-order valence-electron chi connectivity index (χ3n) is 6.70. The fraction of sp³-hybridized carbons (Fsp3) is 0.393. The number of hydrogen-bond acceptors (Lipinski definition) is 5. The van der Waals surface area contributed by atoms with E-state index in [2.05, 4.69) is 10.5 Å². The molecule has 7 nitrogen and oxygen atoms in total. The molecule has 0 saturated carbocycles. The second-order valence-corrected chi connectivity index (χ2v) is 10.2. The maximum absolute atomic E-state index is 13.5. The van der Waals surface area contributed by atoms with Gasteiger partial charge < -0.3 is 19.8 Å². The van der Waals surface area contributed by atoms with Crippen molar-refractivity contribution in [1.82, 2.24) is 15.4 Å². The van der Waals surface area contributed by atoms with E-state index in [0.717, 1.165) is 16.7 Å². The summed E-state index contributed by atoms with van der Waals surface area (Å²) in [6.07, 6.45) is -0.574. The Morgan fingerprint density at radius 2 is 1.83 bits per heavy atom. The van der Waals surface area contributed by atoms with E-state index in [9.17, 15) is 14.7 Å². The van der Waals surface area contributed by atoms with Crippen molar-refractivity contribution >= 4 is 23.4 Å². The molecule has 190 valence electrons. The Morgan fingerprint density at radius 3 is 2.44 bits per heavy atom. The highest BCUT2D eigenvalue weighted by molar-refractivity contribution is 6.33. The normalized spacial score (nSPS) is 19.4. The number of benzene rings is 2. The molecule has 0 bridgehead atoms. The molecule has 2 amide bonds. The molecule has 1 fully saturated rings. The van der Waals surface area contributed by atoms with Crippen molar-refractivity contribution in [3.05, 3.63) is 76.6 Å². The lowest BCUT2D eigenvalue weighted by atomic mass is 9.91. The van der Waals surface area contributed by atoms with Crippen LogP contribution in [0.25, 0.3) is 11.1 Å². The first-order valence-corrected chi connectivity index (χ1v) is 12.6. The molecule has 3 aromatic rings. The summed E-state index contributed by atoms with van der Waals surface area (Å²) in [5, 5.41) is 18.0. The highest BCUT2D eigenvalue weighted by Crippen LogP contribution is 2.32. The number of amides is 2. The number of aromatic nitrogens is 1. The zero-order valence-corrected chi connectivity index (χ0v) is 21.7. The summed E-state index contributed by atoms with van der Waals surface area (Å²) in [7, 11) is 0. The van der Waals surface area contributed by atoms with Crippen molar-refractivity contribution in [2.45, 2.75) is 58.2 Å². The van der Waals surface area contributed by atoms with Crippen LogP contribution in [0.15, 0.2) is 59.1 Å². The fourth-order valence-electron chi connectivity index (χ4n) is 4.79. The molecule has 2 heterocycles. The minimum Gasteiger partial charge on any atom is -0.391 e. The summed E-state index contributed by atoms with van der Waals surface area (Å²) in [6, 6.07) is 16.2. The van der Waals surface area contributed by atoms with Crippen molar-refractivity contribution in [3.63, 3.8) is 0 Å². The Bertz CT molecular complexity index is 1220. The molecule has 4 atom stereocenters. The molecule has 8 heteroatoms. The van der Waals surface area contributed by atoms with Gasteiger partial charge in [0.15, 0.2) is 0 Å². The molecule has 1 aliphatic heterocycles. The number of likely N-dealkylation sites (tertiary alicyclic amines) is 1. The lowest BCUT2D eigenvalue weighted by molar-refractivity contribution is -0.141. The van der Waals surface area contributed by atoms with Gasteiger partial charge >= 0.3 is 0 Å². The quantitative estimate of drug-likeness (QED) is 0.473. The molecule has 0 radical (unpaired) electrons. The minimum absolute atomic E-state index is 0.0677. The van der Waals surface area contributed by atoms with E-state index in [1.165, 1.54) is 4.90 Å². The van der Waals surface area contributed by atoms with Crippen LogP contribution in [0, 0.1) is 12.8 Å². The summed E-state index contributed by atoms with van der Waals surface area (Å²) in [6.45, 7) is 7.65. The van der Waals surface area contributed by atoms with E-state index in [1.807, 2.05) is 69.3 Å². The smallest absolute Gasteiger partial charge is 0.243 e. The molecule has 1 saturated heterocycles. The SMILES string of the molecule is Cc1cc([C@H](C(=O)N2C[C@H](O)C[C@H]2C(=O)N[C@@H](C)c2ccc(-c3ccccc3Cl)cc2)C(C)C)on1. The number of β-amino-alcohol motifs (C(OH)–C–C–N with tert-alkyl or cyclic N) is 1. The number of hydrogen-bond donors (Lipinski definition) is 2. The van der Waals surface area contributed by atoms with Gasteiger partial charge in [0.25, 0.3) is 0 Å². The summed E-state index contributed by atoms with van der Waals surface area (Å²) in [5.74, 6) is -0.711. The standard InChI is InChI=1S/C28H32ClN3O4/c1-16(2)26(25-13-17(3)31-36-25)28(35)32-15-21(33)14-24(32)27(34)30-18(4)19-9-11-20(12-10-19)22-7-5-6-8-23(22)29/h5-13,16,18,21,24,26,33H,14-15H2,1-4H3,(H,30,34)/t18-,21+,24-,26+/m0/s1. The van der Waals surface area contributed by atoms with Gasteiger partial charge in [0.1, 0.15) is 17.7 Å². The van der Waals surface area contributed by atoms with E-state index in [1.54, 1.807) is 13.0 Å². The van der Waals surface area contributed by atoms with Crippen LogP contribution in [0.1, 0.15) is 56.2 Å². The van der Waals surface area contributed by atoms with Gasteiger partial charge in [0, 0.05) is 29.6 Å². The first-order valence-electron chi connectivity index (χ1n) is 12.2. The van der Waals surface area contributed by atoms with Crippen molar-refractivity contribution in [1.29, 1.82) is 0 Å². The van der Waals surface area contributed by atoms with Crippen LogP contribution in [0.5, 0.6) is 0 Å². The van der Waals surface area contributed by atoms with Gasteiger partial charge in [-0.25, -0.2) is 0 Å². The molecule has 0 unspecified atom stereocenters. The van der Waals surface area contributed by atoms with E-state index in [4.69, 9.17) is 16.1 Å². The lowest BCUT2D eigenvalue weighted by Gasteiger charge is -2.29. The van der Waals surface area contributed by atoms with Gasteiger partial charge in [-0.15, -0.1) is 0 Å². The third-order valence-corrected chi connectivity index (χ3v) is 7.03. The highest BCUT2D eigenvalue weighted by atomic mass is 35.5.